The summed E-state index contributed by atoms with van der Waals surface area (Å²) in [5, 5.41) is 1.05. The molecule has 1 amide bonds. The SMILES string of the molecule is CC(C)N1CCN(c2cc3cc(C(=O)N4CC=CC4)[nH]c3cn2)CC1. The highest BCUT2D eigenvalue weighted by atomic mass is 16.2. The van der Waals surface area contributed by atoms with Crippen LogP contribution in [0.25, 0.3) is 10.9 Å². The molecule has 6 heteroatoms. The van der Waals surface area contributed by atoms with Gasteiger partial charge in [-0.2, -0.15) is 0 Å². The van der Waals surface area contributed by atoms with Crippen molar-refractivity contribution >= 4 is 22.6 Å². The molecule has 132 valence electrons. The quantitative estimate of drug-likeness (QED) is 0.870. The van der Waals surface area contributed by atoms with Gasteiger partial charge in [0, 0.05) is 50.7 Å². The molecule has 1 saturated heterocycles. The molecular weight excluding hydrogens is 314 g/mol. The van der Waals surface area contributed by atoms with Crippen molar-refractivity contribution in [1.82, 2.24) is 19.8 Å². The lowest BCUT2D eigenvalue weighted by atomic mass is 10.2. The van der Waals surface area contributed by atoms with Gasteiger partial charge in [0.15, 0.2) is 0 Å². The number of rotatable bonds is 3. The number of pyridine rings is 1. The van der Waals surface area contributed by atoms with Gasteiger partial charge in [-0.15, -0.1) is 0 Å². The van der Waals surface area contributed by atoms with E-state index in [0.29, 0.717) is 24.8 Å². The van der Waals surface area contributed by atoms with Gasteiger partial charge in [0.25, 0.3) is 5.91 Å². The van der Waals surface area contributed by atoms with E-state index in [2.05, 4.69) is 39.7 Å². The minimum Gasteiger partial charge on any atom is -0.354 e. The average Bonchev–Trinajstić information content (AvgIpc) is 3.30. The molecule has 0 saturated carbocycles. The molecule has 25 heavy (non-hydrogen) atoms. The Morgan fingerprint density at radius 1 is 1.12 bits per heavy atom. The Balaban J connectivity index is 1.51. The lowest BCUT2D eigenvalue weighted by molar-refractivity contribution is 0.0795. The number of nitrogens with one attached hydrogen (secondary N) is 1. The van der Waals surface area contributed by atoms with Gasteiger partial charge in [-0.3, -0.25) is 9.69 Å². The summed E-state index contributed by atoms with van der Waals surface area (Å²) in [5.74, 6) is 1.05. The van der Waals surface area contributed by atoms with Gasteiger partial charge >= 0.3 is 0 Å². The highest BCUT2D eigenvalue weighted by Crippen LogP contribution is 2.22. The molecule has 0 spiro atoms. The zero-order chi connectivity index (χ0) is 17.4. The predicted octanol–water partition coefficient (Wildman–Crippen LogP) is 2.11. The van der Waals surface area contributed by atoms with E-state index in [-0.39, 0.29) is 5.91 Å². The number of nitrogens with zero attached hydrogens (tertiary/aromatic N) is 4. The molecule has 4 rings (SSSR count). The Morgan fingerprint density at radius 2 is 1.84 bits per heavy atom. The van der Waals surface area contributed by atoms with Gasteiger partial charge in [-0.25, -0.2) is 4.98 Å². The predicted molar refractivity (Wildman–Crippen MR) is 100 cm³/mol. The molecule has 0 atom stereocenters. The zero-order valence-electron chi connectivity index (χ0n) is 14.9. The lowest BCUT2D eigenvalue weighted by Crippen LogP contribution is -2.49. The van der Waals surface area contributed by atoms with Gasteiger partial charge in [-0.1, -0.05) is 12.2 Å². The van der Waals surface area contributed by atoms with Gasteiger partial charge < -0.3 is 14.8 Å². The summed E-state index contributed by atoms with van der Waals surface area (Å²) < 4.78 is 0. The van der Waals surface area contributed by atoms with E-state index in [1.165, 1.54) is 0 Å². The third-order valence-corrected chi connectivity index (χ3v) is 5.20. The van der Waals surface area contributed by atoms with E-state index in [4.69, 9.17) is 0 Å². The third-order valence-electron chi connectivity index (χ3n) is 5.20. The first-order valence-electron chi connectivity index (χ1n) is 9.04. The third kappa shape index (κ3) is 3.14. The number of hydrogen-bond acceptors (Lipinski definition) is 4. The second-order valence-electron chi connectivity index (χ2n) is 7.11. The first kappa shape index (κ1) is 16.1. The highest BCUT2D eigenvalue weighted by molar-refractivity contribution is 5.98. The molecule has 0 aliphatic carbocycles. The van der Waals surface area contributed by atoms with E-state index in [1.807, 2.05) is 29.3 Å². The van der Waals surface area contributed by atoms with Crippen molar-refractivity contribution in [2.75, 3.05) is 44.2 Å². The average molecular weight is 339 g/mol. The fraction of sp³-hybridized carbons (Fsp3) is 0.474. The Kier molecular flexibility index (Phi) is 4.21. The van der Waals surface area contributed by atoms with Crippen LogP contribution in [0, 0.1) is 0 Å². The first-order valence-corrected chi connectivity index (χ1v) is 9.04. The number of aromatic amines is 1. The van der Waals surface area contributed by atoms with Crippen molar-refractivity contribution in [3.05, 3.63) is 36.2 Å². The number of carbonyl (C=O) groups is 1. The Hall–Kier alpha value is -2.34. The fourth-order valence-electron chi connectivity index (χ4n) is 3.59. The number of H-pyrrole nitrogens is 1. The maximum atomic E-state index is 12.5. The smallest absolute Gasteiger partial charge is 0.270 e. The number of aromatic nitrogens is 2. The van der Waals surface area contributed by atoms with Crippen LogP contribution in [0.3, 0.4) is 0 Å². The minimum atomic E-state index is 0.0493. The summed E-state index contributed by atoms with van der Waals surface area (Å²) in [6.45, 7) is 9.99. The van der Waals surface area contributed by atoms with Crippen LogP contribution in [0.1, 0.15) is 24.3 Å². The number of carbonyl (C=O) groups excluding carboxylic acids is 1. The van der Waals surface area contributed by atoms with E-state index < -0.39 is 0 Å². The van der Waals surface area contributed by atoms with Gasteiger partial charge in [0.1, 0.15) is 11.5 Å². The topological polar surface area (TPSA) is 55.5 Å². The van der Waals surface area contributed by atoms with Crippen molar-refractivity contribution in [3.63, 3.8) is 0 Å². The summed E-state index contributed by atoms with van der Waals surface area (Å²) in [6.07, 6.45) is 5.90. The standard InChI is InChI=1S/C19H25N5O/c1-14(2)22-7-9-23(10-8-22)18-12-15-11-16(21-17(15)13-20-18)19(25)24-5-3-4-6-24/h3-4,11-14,21H,5-10H2,1-2H3. The number of fused-ring (bicyclic) bond motifs is 1. The number of piperazine rings is 1. The molecule has 2 aromatic heterocycles. The molecule has 0 bridgehead atoms. The number of amides is 1. The summed E-state index contributed by atoms with van der Waals surface area (Å²) in [5.41, 5.74) is 1.56. The van der Waals surface area contributed by atoms with E-state index in [0.717, 1.165) is 42.9 Å². The summed E-state index contributed by atoms with van der Waals surface area (Å²) in [4.78, 5) is 27.0. The fourth-order valence-corrected chi connectivity index (χ4v) is 3.59. The largest absolute Gasteiger partial charge is 0.354 e. The molecule has 0 radical (unpaired) electrons. The van der Waals surface area contributed by atoms with Crippen LogP contribution in [0.15, 0.2) is 30.5 Å². The molecular formula is C19H25N5O. The van der Waals surface area contributed by atoms with E-state index in [1.54, 1.807) is 0 Å². The van der Waals surface area contributed by atoms with Crippen molar-refractivity contribution in [3.8, 4) is 0 Å². The number of hydrogen-bond donors (Lipinski definition) is 1. The van der Waals surface area contributed by atoms with E-state index in [9.17, 15) is 4.79 Å². The normalized spacial score (nSPS) is 18.7. The maximum absolute atomic E-state index is 12.5. The Bertz CT molecular complexity index is 793. The van der Waals surface area contributed by atoms with Crippen LogP contribution in [0.5, 0.6) is 0 Å². The molecule has 0 aromatic carbocycles. The van der Waals surface area contributed by atoms with Crippen LogP contribution in [-0.2, 0) is 0 Å². The first-order chi connectivity index (χ1) is 12.1. The van der Waals surface area contributed by atoms with Crippen LogP contribution in [-0.4, -0.2) is 71.0 Å². The number of anilines is 1. The molecule has 1 N–H and O–H groups in total. The van der Waals surface area contributed by atoms with Crippen molar-refractivity contribution in [1.29, 1.82) is 0 Å². The molecule has 0 unspecified atom stereocenters. The van der Waals surface area contributed by atoms with Crippen molar-refractivity contribution in [2.24, 2.45) is 0 Å². The molecule has 2 aliphatic heterocycles. The zero-order valence-corrected chi connectivity index (χ0v) is 14.9. The highest BCUT2D eigenvalue weighted by Gasteiger charge is 2.21. The van der Waals surface area contributed by atoms with E-state index >= 15 is 0 Å². The molecule has 2 aromatic rings. The Labute approximate surface area is 148 Å². The van der Waals surface area contributed by atoms with Crippen molar-refractivity contribution < 1.29 is 4.79 Å². The van der Waals surface area contributed by atoms with Crippen LogP contribution >= 0.6 is 0 Å². The molecule has 2 aliphatic rings. The van der Waals surface area contributed by atoms with Crippen molar-refractivity contribution in [2.45, 2.75) is 19.9 Å². The molecule has 4 heterocycles. The maximum Gasteiger partial charge on any atom is 0.270 e. The summed E-state index contributed by atoms with van der Waals surface area (Å²) in [6, 6.07) is 4.64. The molecule has 1 fully saturated rings. The van der Waals surface area contributed by atoms with Gasteiger partial charge in [-0.05, 0) is 26.0 Å². The summed E-state index contributed by atoms with van der Waals surface area (Å²) in [7, 11) is 0. The van der Waals surface area contributed by atoms with Crippen LogP contribution < -0.4 is 4.90 Å². The summed E-state index contributed by atoms with van der Waals surface area (Å²) >= 11 is 0. The van der Waals surface area contributed by atoms with Gasteiger partial charge in [0.2, 0.25) is 0 Å². The van der Waals surface area contributed by atoms with Crippen LogP contribution in [0.4, 0.5) is 5.82 Å². The van der Waals surface area contributed by atoms with Gasteiger partial charge in [0.05, 0.1) is 11.7 Å². The molecule has 6 nitrogen and oxygen atoms in total. The Morgan fingerprint density at radius 3 is 2.52 bits per heavy atom. The second-order valence-corrected chi connectivity index (χ2v) is 7.11. The van der Waals surface area contributed by atoms with Crippen LogP contribution in [0.2, 0.25) is 0 Å². The monoisotopic (exact) mass is 339 g/mol. The lowest BCUT2D eigenvalue weighted by Gasteiger charge is -2.37. The minimum absolute atomic E-state index is 0.0493. The second kappa shape index (κ2) is 6.52.